The van der Waals surface area contributed by atoms with Crippen LogP contribution in [0.25, 0.3) is 0 Å². The Labute approximate surface area is 258 Å². The van der Waals surface area contributed by atoms with Crippen LogP contribution in [0.1, 0.15) is 122 Å². The Morgan fingerprint density at radius 3 is 1.26 bits per heavy atom. The van der Waals surface area contributed by atoms with Crippen molar-refractivity contribution in [2.75, 3.05) is 0 Å². The molecule has 0 aliphatic heterocycles. The molecule has 2 aliphatic rings. The molecule has 0 spiro atoms. The fourth-order valence-corrected chi connectivity index (χ4v) is 8.41. The maximum atomic E-state index is 10.6. The molecule has 0 aromatic heterocycles. The van der Waals surface area contributed by atoms with Crippen molar-refractivity contribution in [3.05, 3.63) is 130 Å². The maximum Gasteiger partial charge on any atom is 0.115 e. The van der Waals surface area contributed by atoms with Gasteiger partial charge in [-0.15, -0.1) is 0 Å². The van der Waals surface area contributed by atoms with E-state index in [-0.39, 0.29) is 0 Å². The number of hydrogen-bond acceptors (Lipinski definition) is 2. The van der Waals surface area contributed by atoms with Crippen molar-refractivity contribution in [1.29, 1.82) is 0 Å². The molecule has 2 atom stereocenters. The number of hydrogen-bond donors (Lipinski definition) is 2. The third-order valence-electron chi connectivity index (χ3n) is 11.1. The van der Waals surface area contributed by atoms with E-state index in [1.165, 1.54) is 84.7 Å². The molecule has 4 aromatic carbocycles. The second-order valence-corrected chi connectivity index (χ2v) is 13.6. The van der Waals surface area contributed by atoms with E-state index in [9.17, 15) is 10.2 Å². The van der Waals surface area contributed by atoms with E-state index >= 15 is 0 Å². The Morgan fingerprint density at radius 1 is 0.512 bits per heavy atom. The summed E-state index contributed by atoms with van der Waals surface area (Å²) in [5.74, 6) is 4.32. The molecule has 2 unspecified atom stereocenters. The summed E-state index contributed by atoms with van der Waals surface area (Å²) < 4.78 is 0. The van der Waals surface area contributed by atoms with Gasteiger partial charge in [0.15, 0.2) is 0 Å². The summed E-state index contributed by atoms with van der Waals surface area (Å²) in [7, 11) is 0. The minimum Gasteiger partial charge on any atom is -0.508 e. The van der Waals surface area contributed by atoms with E-state index in [0.717, 1.165) is 18.3 Å². The van der Waals surface area contributed by atoms with Crippen molar-refractivity contribution in [3.63, 3.8) is 0 Å². The van der Waals surface area contributed by atoms with Crippen LogP contribution in [0.15, 0.2) is 97.1 Å². The number of phenols is 2. The predicted octanol–water partition coefficient (Wildman–Crippen LogP) is 10.8. The second-order valence-electron chi connectivity index (χ2n) is 13.6. The average molecular weight is 573 g/mol. The largest absolute Gasteiger partial charge is 0.508 e. The molecule has 6 rings (SSSR count). The van der Waals surface area contributed by atoms with Gasteiger partial charge in [0, 0.05) is 0 Å². The third-order valence-corrected chi connectivity index (χ3v) is 11.1. The van der Waals surface area contributed by atoms with Crippen LogP contribution in [0.2, 0.25) is 0 Å². The van der Waals surface area contributed by atoms with Crippen LogP contribution >= 0.6 is 0 Å². The summed E-state index contributed by atoms with van der Waals surface area (Å²) in [4.78, 5) is 0. The van der Waals surface area contributed by atoms with Crippen molar-refractivity contribution in [1.82, 2.24) is 0 Å². The minimum absolute atomic E-state index is 0.335. The highest BCUT2D eigenvalue weighted by molar-refractivity contribution is 5.45. The summed E-state index contributed by atoms with van der Waals surface area (Å²) in [5, 5.41) is 21.1. The van der Waals surface area contributed by atoms with E-state index in [1.54, 1.807) is 0 Å². The van der Waals surface area contributed by atoms with Crippen molar-refractivity contribution in [2.24, 2.45) is 11.8 Å². The first kappa shape index (κ1) is 29.5. The van der Waals surface area contributed by atoms with E-state index in [0.29, 0.717) is 35.2 Å². The topological polar surface area (TPSA) is 40.5 Å². The van der Waals surface area contributed by atoms with E-state index in [4.69, 9.17) is 0 Å². The summed E-state index contributed by atoms with van der Waals surface area (Å²) in [6.45, 7) is 4.79. The molecule has 2 heteroatoms. The second kappa shape index (κ2) is 13.4. The van der Waals surface area contributed by atoms with Crippen LogP contribution in [-0.2, 0) is 6.42 Å². The van der Waals surface area contributed by atoms with Gasteiger partial charge >= 0.3 is 0 Å². The molecule has 0 amide bonds. The van der Waals surface area contributed by atoms with Crippen LogP contribution in [-0.4, -0.2) is 10.2 Å². The van der Waals surface area contributed by atoms with E-state index in [1.807, 2.05) is 24.3 Å². The Hall–Kier alpha value is -3.52. The standard InChI is InChI=1S/C41H48O2/c1-28(30-9-5-3-6-10-30)32-13-17-34(18-14-32)40-23-21-38(42)26-36(40)25-37-27-39(43)22-24-41(37)35-19-15-33(16-20-35)29(2)31-11-7-4-8-12-31/h3-12,21-24,26-29,32-35,42-43H,13-20,25H2,1-2H3. The van der Waals surface area contributed by atoms with Gasteiger partial charge in [0.2, 0.25) is 0 Å². The first-order valence-corrected chi connectivity index (χ1v) is 16.7. The Bertz CT molecular complexity index is 1350. The van der Waals surface area contributed by atoms with Crippen molar-refractivity contribution < 1.29 is 10.2 Å². The SMILES string of the molecule is CC(c1ccccc1)C1CCC(c2ccc(O)cc2Cc2cc(O)ccc2C2CCC(C(C)c3ccccc3)CC2)CC1. The maximum absolute atomic E-state index is 10.6. The molecule has 2 saturated carbocycles. The van der Waals surface area contributed by atoms with E-state index < -0.39 is 0 Å². The fourth-order valence-electron chi connectivity index (χ4n) is 8.41. The summed E-state index contributed by atoms with van der Waals surface area (Å²) >= 11 is 0. The van der Waals surface area contributed by atoms with Gasteiger partial charge in [0.25, 0.3) is 0 Å². The molecule has 224 valence electrons. The lowest BCUT2D eigenvalue weighted by Gasteiger charge is -2.34. The molecule has 4 aromatic rings. The van der Waals surface area contributed by atoms with Crippen LogP contribution in [0.3, 0.4) is 0 Å². The van der Waals surface area contributed by atoms with Crippen molar-refractivity contribution in [3.8, 4) is 11.5 Å². The summed E-state index contributed by atoms with van der Waals surface area (Å²) in [6, 6.07) is 34.0. The molecule has 0 bridgehead atoms. The minimum atomic E-state index is 0.335. The molecule has 2 aliphatic carbocycles. The van der Waals surface area contributed by atoms with Crippen LogP contribution in [0, 0.1) is 11.8 Å². The lowest BCUT2D eigenvalue weighted by Crippen LogP contribution is -2.20. The van der Waals surface area contributed by atoms with Gasteiger partial charge in [-0.2, -0.15) is 0 Å². The highest BCUT2D eigenvalue weighted by Gasteiger charge is 2.30. The monoisotopic (exact) mass is 572 g/mol. The number of phenolic OH excluding ortho intramolecular Hbond substituents is 2. The number of aromatic hydroxyl groups is 2. The summed E-state index contributed by atoms with van der Waals surface area (Å²) in [6.07, 6.45) is 10.5. The molecular weight excluding hydrogens is 524 g/mol. The molecule has 0 heterocycles. The summed E-state index contributed by atoms with van der Waals surface area (Å²) in [5.41, 5.74) is 8.12. The molecule has 0 radical (unpaired) electrons. The quantitative estimate of drug-likeness (QED) is 0.220. The molecule has 0 saturated heterocycles. The highest BCUT2D eigenvalue weighted by atomic mass is 16.3. The molecule has 43 heavy (non-hydrogen) atoms. The highest BCUT2D eigenvalue weighted by Crippen LogP contribution is 2.45. The smallest absolute Gasteiger partial charge is 0.115 e. The fraction of sp³-hybridized carbons (Fsp3) is 0.415. The Kier molecular flexibility index (Phi) is 9.22. The normalized spacial score (nSPS) is 23.9. The van der Waals surface area contributed by atoms with Crippen LogP contribution < -0.4 is 0 Å². The molecule has 2 N–H and O–H groups in total. The Balaban J connectivity index is 1.16. The van der Waals surface area contributed by atoms with Gasteiger partial charge in [-0.25, -0.2) is 0 Å². The lowest BCUT2D eigenvalue weighted by molar-refractivity contribution is 0.289. The number of benzene rings is 4. The first-order chi connectivity index (χ1) is 21.0. The van der Waals surface area contributed by atoms with Gasteiger partial charge in [-0.3, -0.25) is 0 Å². The third kappa shape index (κ3) is 6.85. The van der Waals surface area contributed by atoms with Crippen LogP contribution in [0.5, 0.6) is 11.5 Å². The zero-order valence-electron chi connectivity index (χ0n) is 26.0. The van der Waals surface area contributed by atoms with Gasteiger partial charge < -0.3 is 10.2 Å². The zero-order chi connectivity index (χ0) is 29.8. The molecular formula is C41H48O2. The molecule has 2 fully saturated rings. The van der Waals surface area contributed by atoms with Crippen LogP contribution in [0.4, 0.5) is 0 Å². The predicted molar refractivity (Wildman–Crippen MR) is 178 cm³/mol. The Morgan fingerprint density at radius 2 is 0.884 bits per heavy atom. The van der Waals surface area contributed by atoms with E-state index in [2.05, 4.69) is 86.6 Å². The lowest BCUT2D eigenvalue weighted by atomic mass is 9.71. The first-order valence-electron chi connectivity index (χ1n) is 16.7. The zero-order valence-corrected chi connectivity index (χ0v) is 26.0. The van der Waals surface area contributed by atoms with Gasteiger partial charge in [0.05, 0.1) is 0 Å². The van der Waals surface area contributed by atoms with Gasteiger partial charge in [0.1, 0.15) is 11.5 Å². The van der Waals surface area contributed by atoms with Crippen molar-refractivity contribution in [2.45, 2.75) is 95.3 Å². The van der Waals surface area contributed by atoms with Gasteiger partial charge in [-0.05, 0) is 151 Å². The van der Waals surface area contributed by atoms with Crippen molar-refractivity contribution >= 4 is 0 Å². The average Bonchev–Trinajstić information content (AvgIpc) is 3.05. The number of rotatable bonds is 8. The van der Waals surface area contributed by atoms with Gasteiger partial charge in [-0.1, -0.05) is 86.6 Å². The molecule has 2 nitrogen and oxygen atoms in total.